The van der Waals surface area contributed by atoms with Crippen molar-refractivity contribution in [3.8, 4) is 0 Å². The molecule has 0 amide bonds. The summed E-state index contributed by atoms with van der Waals surface area (Å²) in [5.41, 5.74) is 0.481. The van der Waals surface area contributed by atoms with E-state index in [2.05, 4.69) is 19.2 Å². The maximum Gasteiger partial charge on any atom is 0.0156 e. The smallest absolute Gasteiger partial charge is 0.0156 e. The van der Waals surface area contributed by atoms with Crippen LogP contribution in [0.15, 0.2) is 0 Å². The van der Waals surface area contributed by atoms with Crippen molar-refractivity contribution >= 4 is 0 Å². The van der Waals surface area contributed by atoms with E-state index in [1.807, 2.05) is 0 Å². The van der Waals surface area contributed by atoms with Crippen LogP contribution in [0.3, 0.4) is 0 Å². The Morgan fingerprint density at radius 1 is 1.38 bits per heavy atom. The van der Waals surface area contributed by atoms with Gasteiger partial charge in [-0.05, 0) is 44.6 Å². The van der Waals surface area contributed by atoms with E-state index in [0.717, 1.165) is 11.8 Å². The first kappa shape index (κ1) is 9.51. The Morgan fingerprint density at radius 3 is 2.62 bits per heavy atom. The van der Waals surface area contributed by atoms with Gasteiger partial charge in [0.15, 0.2) is 0 Å². The standard InChI is InChI=1S/C12H23N/c1-10(11-5-3-6-11)9-12(2)7-4-8-13-12/h10-11,13H,3-9H2,1-2H3. The largest absolute Gasteiger partial charge is 0.312 e. The highest BCUT2D eigenvalue weighted by Crippen LogP contribution is 2.38. The molecule has 0 aromatic heterocycles. The average molecular weight is 181 g/mol. The van der Waals surface area contributed by atoms with E-state index in [0.29, 0.717) is 5.54 Å². The molecule has 0 bridgehead atoms. The highest BCUT2D eigenvalue weighted by atomic mass is 15.0. The van der Waals surface area contributed by atoms with E-state index < -0.39 is 0 Å². The van der Waals surface area contributed by atoms with E-state index in [1.165, 1.54) is 45.1 Å². The molecule has 13 heavy (non-hydrogen) atoms. The van der Waals surface area contributed by atoms with E-state index in [9.17, 15) is 0 Å². The van der Waals surface area contributed by atoms with Crippen molar-refractivity contribution in [2.75, 3.05) is 6.54 Å². The predicted molar refractivity (Wildman–Crippen MR) is 56.8 cm³/mol. The fourth-order valence-electron chi connectivity index (χ4n) is 3.02. The summed E-state index contributed by atoms with van der Waals surface area (Å²) in [5.74, 6) is 2.00. The maximum absolute atomic E-state index is 3.67. The molecule has 2 rings (SSSR count). The lowest BCUT2D eigenvalue weighted by Crippen LogP contribution is -2.39. The molecule has 76 valence electrons. The minimum absolute atomic E-state index is 0.481. The van der Waals surface area contributed by atoms with Gasteiger partial charge in [0.2, 0.25) is 0 Å². The summed E-state index contributed by atoms with van der Waals surface area (Å²) in [5, 5.41) is 3.67. The second kappa shape index (κ2) is 3.61. The van der Waals surface area contributed by atoms with Gasteiger partial charge in [-0.1, -0.05) is 26.2 Å². The van der Waals surface area contributed by atoms with Crippen LogP contribution in [0.1, 0.15) is 52.4 Å². The lowest BCUT2D eigenvalue weighted by atomic mass is 9.72. The van der Waals surface area contributed by atoms with Crippen molar-refractivity contribution in [3.63, 3.8) is 0 Å². The zero-order valence-electron chi connectivity index (χ0n) is 9.10. The van der Waals surface area contributed by atoms with E-state index >= 15 is 0 Å². The van der Waals surface area contributed by atoms with Crippen LogP contribution in [0.25, 0.3) is 0 Å². The van der Waals surface area contributed by atoms with Gasteiger partial charge in [-0.2, -0.15) is 0 Å². The van der Waals surface area contributed by atoms with Crippen LogP contribution < -0.4 is 5.32 Å². The summed E-state index contributed by atoms with van der Waals surface area (Å²) in [6.07, 6.45) is 8.66. The van der Waals surface area contributed by atoms with E-state index in [4.69, 9.17) is 0 Å². The molecule has 1 aliphatic carbocycles. The Labute approximate surface area is 82.3 Å². The number of rotatable bonds is 3. The highest BCUT2D eigenvalue weighted by Gasteiger charge is 2.33. The molecule has 1 N–H and O–H groups in total. The zero-order chi connectivity index (χ0) is 9.31. The Morgan fingerprint density at radius 2 is 2.15 bits per heavy atom. The van der Waals surface area contributed by atoms with Crippen LogP contribution in [-0.4, -0.2) is 12.1 Å². The maximum atomic E-state index is 3.67. The monoisotopic (exact) mass is 181 g/mol. The molecule has 0 aromatic rings. The summed E-state index contributed by atoms with van der Waals surface area (Å²) in [6, 6.07) is 0. The molecule has 2 unspecified atom stereocenters. The zero-order valence-corrected chi connectivity index (χ0v) is 9.10. The van der Waals surface area contributed by atoms with Crippen LogP contribution in [-0.2, 0) is 0 Å². The van der Waals surface area contributed by atoms with Crippen LogP contribution in [0.2, 0.25) is 0 Å². The molecule has 0 radical (unpaired) electrons. The topological polar surface area (TPSA) is 12.0 Å². The second-order valence-electron chi connectivity index (χ2n) is 5.46. The summed E-state index contributed by atoms with van der Waals surface area (Å²) in [4.78, 5) is 0. The summed E-state index contributed by atoms with van der Waals surface area (Å²) in [7, 11) is 0. The first-order valence-corrected chi connectivity index (χ1v) is 5.95. The van der Waals surface area contributed by atoms with Crippen molar-refractivity contribution in [1.29, 1.82) is 0 Å². The van der Waals surface area contributed by atoms with Gasteiger partial charge in [-0.25, -0.2) is 0 Å². The molecule has 2 atom stereocenters. The molecule has 1 heteroatoms. The lowest BCUT2D eigenvalue weighted by molar-refractivity contribution is 0.174. The summed E-state index contributed by atoms with van der Waals surface area (Å²) in [6.45, 7) is 6.11. The molecule has 2 fully saturated rings. The summed E-state index contributed by atoms with van der Waals surface area (Å²) < 4.78 is 0. The minimum atomic E-state index is 0.481. The van der Waals surface area contributed by atoms with Gasteiger partial charge in [-0.3, -0.25) is 0 Å². The van der Waals surface area contributed by atoms with Gasteiger partial charge in [-0.15, -0.1) is 0 Å². The van der Waals surface area contributed by atoms with Gasteiger partial charge in [0.05, 0.1) is 0 Å². The predicted octanol–water partition coefficient (Wildman–Crippen LogP) is 2.95. The van der Waals surface area contributed by atoms with Gasteiger partial charge >= 0.3 is 0 Å². The van der Waals surface area contributed by atoms with Gasteiger partial charge < -0.3 is 5.32 Å². The van der Waals surface area contributed by atoms with E-state index in [1.54, 1.807) is 0 Å². The highest BCUT2D eigenvalue weighted by molar-refractivity contribution is 4.91. The van der Waals surface area contributed by atoms with E-state index in [-0.39, 0.29) is 0 Å². The molecule has 1 nitrogen and oxygen atoms in total. The van der Waals surface area contributed by atoms with Crippen molar-refractivity contribution in [1.82, 2.24) is 5.32 Å². The Balaban J connectivity index is 1.81. The average Bonchev–Trinajstić information content (AvgIpc) is 2.31. The number of hydrogen-bond donors (Lipinski definition) is 1. The van der Waals surface area contributed by atoms with Gasteiger partial charge in [0.1, 0.15) is 0 Å². The van der Waals surface area contributed by atoms with Crippen LogP contribution in [0.4, 0.5) is 0 Å². The first-order valence-electron chi connectivity index (χ1n) is 5.95. The third kappa shape index (κ3) is 2.07. The van der Waals surface area contributed by atoms with Crippen LogP contribution >= 0.6 is 0 Å². The molecule has 1 aliphatic heterocycles. The Bertz CT molecular complexity index is 166. The first-order chi connectivity index (χ1) is 6.20. The van der Waals surface area contributed by atoms with Crippen LogP contribution in [0, 0.1) is 11.8 Å². The van der Waals surface area contributed by atoms with Crippen molar-refractivity contribution < 1.29 is 0 Å². The molecule has 0 spiro atoms. The number of hydrogen-bond acceptors (Lipinski definition) is 1. The van der Waals surface area contributed by atoms with Crippen molar-refractivity contribution in [3.05, 3.63) is 0 Å². The van der Waals surface area contributed by atoms with Crippen LogP contribution in [0.5, 0.6) is 0 Å². The summed E-state index contributed by atoms with van der Waals surface area (Å²) >= 11 is 0. The molecule has 1 heterocycles. The molecular formula is C12H23N. The van der Waals surface area contributed by atoms with Gasteiger partial charge in [0, 0.05) is 5.54 Å². The second-order valence-corrected chi connectivity index (χ2v) is 5.46. The third-order valence-corrected chi connectivity index (χ3v) is 4.18. The fourth-order valence-corrected chi connectivity index (χ4v) is 3.02. The fraction of sp³-hybridized carbons (Fsp3) is 1.00. The molecule has 1 saturated carbocycles. The quantitative estimate of drug-likeness (QED) is 0.706. The Hall–Kier alpha value is -0.0400. The SMILES string of the molecule is CC(CC1(C)CCCN1)C1CCC1. The normalized spacial score (nSPS) is 37.4. The lowest BCUT2D eigenvalue weighted by Gasteiger charge is -2.36. The number of nitrogens with one attached hydrogen (secondary N) is 1. The molecular weight excluding hydrogens is 158 g/mol. The molecule has 0 aromatic carbocycles. The van der Waals surface area contributed by atoms with Crippen molar-refractivity contribution in [2.45, 2.75) is 57.9 Å². The Kier molecular flexibility index (Phi) is 2.64. The molecule has 1 saturated heterocycles. The minimum Gasteiger partial charge on any atom is -0.312 e. The molecule has 2 aliphatic rings. The third-order valence-electron chi connectivity index (χ3n) is 4.18. The van der Waals surface area contributed by atoms with Crippen molar-refractivity contribution in [2.24, 2.45) is 11.8 Å². The van der Waals surface area contributed by atoms with Gasteiger partial charge in [0.25, 0.3) is 0 Å².